The first-order valence-electron chi connectivity index (χ1n) is 25.3. The molecule has 1 aromatic rings. The molecular formula is C51H101N2+. The van der Waals surface area contributed by atoms with Crippen LogP contribution in [-0.2, 0) is 0 Å². The first-order valence-corrected chi connectivity index (χ1v) is 25.3. The lowest BCUT2D eigenvalue weighted by molar-refractivity contribution is -0.727. The summed E-state index contributed by atoms with van der Waals surface area (Å²) in [6.45, 7) is 9.45. The molecule has 0 spiro atoms. The minimum atomic E-state index is 0.615. The second kappa shape index (κ2) is 40.9. The highest BCUT2D eigenvalue weighted by molar-refractivity contribution is 4.90. The van der Waals surface area contributed by atoms with Gasteiger partial charge < -0.3 is 0 Å². The van der Waals surface area contributed by atoms with Crippen LogP contribution in [0.15, 0.2) is 12.4 Å². The van der Waals surface area contributed by atoms with Crippen LogP contribution in [0.1, 0.15) is 315 Å². The number of unbranched alkanes of at least 4 members (excludes halogenated alkanes) is 36. The van der Waals surface area contributed by atoms with Crippen LogP contribution in [0.2, 0.25) is 0 Å². The Balaban J connectivity index is 2.35. The summed E-state index contributed by atoms with van der Waals surface area (Å²) in [4.78, 5) is 3.79. The van der Waals surface area contributed by atoms with Gasteiger partial charge in [0.25, 0.3) is 5.82 Å². The van der Waals surface area contributed by atoms with Crippen molar-refractivity contribution >= 4 is 0 Å². The van der Waals surface area contributed by atoms with E-state index in [-0.39, 0.29) is 0 Å². The van der Waals surface area contributed by atoms with Crippen molar-refractivity contribution in [1.29, 1.82) is 0 Å². The SMILES string of the molecule is CCCCCCCCCCCCCCCCCC(C)[n+]1cc[nH]c1C(CCCCCCCCCCCCCC)CCCCCCCCCCCCCC. The van der Waals surface area contributed by atoms with Gasteiger partial charge in [0.2, 0.25) is 0 Å². The van der Waals surface area contributed by atoms with Gasteiger partial charge in [0.05, 0.1) is 12.0 Å². The summed E-state index contributed by atoms with van der Waals surface area (Å²) in [6, 6.07) is 0.615. The second-order valence-electron chi connectivity index (χ2n) is 17.9. The molecule has 53 heavy (non-hydrogen) atoms. The van der Waals surface area contributed by atoms with Crippen LogP contribution in [0.25, 0.3) is 0 Å². The predicted octanol–water partition coefficient (Wildman–Crippen LogP) is 18.4. The Morgan fingerprint density at radius 1 is 0.358 bits per heavy atom. The van der Waals surface area contributed by atoms with Gasteiger partial charge in [0.15, 0.2) is 0 Å². The Morgan fingerprint density at radius 3 is 0.887 bits per heavy atom. The largest absolute Gasteiger partial charge is 0.257 e. The fraction of sp³-hybridized carbons (Fsp3) is 0.941. The van der Waals surface area contributed by atoms with Gasteiger partial charge in [-0.15, -0.1) is 0 Å². The molecule has 2 nitrogen and oxygen atoms in total. The molecule has 2 heteroatoms. The molecule has 0 saturated carbocycles. The molecule has 0 radical (unpaired) electrons. The maximum absolute atomic E-state index is 3.79. The average Bonchev–Trinajstić information content (AvgIpc) is 3.66. The van der Waals surface area contributed by atoms with Gasteiger partial charge >= 0.3 is 0 Å². The summed E-state index contributed by atoms with van der Waals surface area (Å²) >= 11 is 0. The number of rotatable bonds is 44. The molecule has 1 unspecified atom stereocenters. The first-order chi connectivity index (χ1) is 26.2. The molecule has 0 fully saturated rings. The number of nitrogens with zero attached hydrogens (tertiary/aromatic N) is 1. The minimum absolute atomic E-state index is 0.615. The van der Waals surface area contributed by atoms with Gasteiger partial charge in [-0.3, -0.25) is 0 Å². The topological polar surface area (TPSA) is 19.7 Å². The van der Waals surface area contributed by atoms with E-state index in [0.29, 0.717) is 12.0 Å². The van der Waals surface area contributed by atoms with E-state index in [1.807, 2.05) is 0 Å². The van der Waals surface area contributed by atoms with Crippen LogP contribution in [0.4, 0.5) is 0 Å². The van der Waals surface area contributed by atoms with E-state index in [4.69, 9.17) is 0 Å². The van der Waals surface area contributed by atoms with E-state index < -0.39 is 0 Å². The lowest BCUT2D eigenvalue weighted by Crippen LogP contribution is -2.41. The Kier molecular flexibility index (Phi) is 38.7. The average molecular weight is 742 g/mol. The third kappa shape index (κ3) is 32.0. The van der Waals surface area contributed by atoms with Crippen molar-refractivity contribution < 1.29 is 4.57 Å². The molecule has 0 amide bonds. The highest BCUT2D eigenvalue weighted by Crippen LogP contribution is 2.28. The number of aromatic nitrogens is 2. The highest BCUT2D eigenvalue weighted by Gasteiger charge is 2.25. The quantitative estimate of drug-likeness (QED) is 0.0507. The normalized spacial score (nSPS) is 12.4. The van der Waals surface area contributed by atoms with Crippen molar-refractivity contribution in [3.63, 3.8) is 0 Å². The van der Waals surface area contributed by atoms with Gasteiger partial charge in [0, 0.05) is 0 Å². The highest BCUT2D eigenvalue weighted by atomic mass is 15.1. The van der Waals surface area contributed by atoms with E-state index in [1.165, 1.54) is 270 Å². The van der Waals surface area contributed by atoms with Gasteiger partial charge in [0.1, 0.15) is 12.4 Å². The van der Waals surface area contributed by atoms with E-state index in [2.05, 4.69) is 49.6 Å². The molecule has 1 rings (SSSR count). The summed E-state index contributed by atoms with van der Waals surface area (Å²) in [7, 11) is 0. The number of imidazole rings is 1. The van der Waals surface area contributed by atoms with Crippen molar-refractivity contribution in [3.8, 4) is 0 Å². The number of hydrogen-bond acceptors (Lipinski definition) is 0. The van der Waals surface area contributed by atoms with E-state index in [9.17, 15) is 0 Å². The molecule has 0 saturated heterocycles. The summed E-state index contributed by atoms with van der Waals surface area (Å²) in [5.41, 5.74) is 0. The van der Waals surface area contributed by atoms with Crippen LogP contribution >= 0.6 is 0 Å². The molecule has 0 aromatic carbocycles. The fourth-order valence-corrected chi connectivity index (χ4v) is 8.90. The zero-order valence-corrected chi connectivity index (χ0v) is 37.5. The zero-order valence-electron chi connectivity index (χ0n) is 37.5. The first kappa shape index (κ1) is 50.2. The summed E-state index contributed by atoms with van der Waals surface area (Å²) in [6.07, 6.45) is 65.1. The molecular weight excluding hydrogens is 641 g/mol. The van der Waals surface area contributed by atoms with Crippen molar-refractivity contribution in [1.82, 2.24) is 4.98 Å². The van der Waals surface area contributed by atoms with Crippen LogP contribution < -0.4 is 4.57 Å². The van der Waals surface area contributed by atoms with Crippen molar-refractivity contribution in [2.45, 2.75) is 309 Å². The molecule has 0 bridgehead atoms. The van der Waals surface area contributed by atoms with E-state index >= 15 is 0 Å². The Labute approximate surface area is 336 Å². The van der Waals surface area contributed by atoms with E-state index in [0.717, 1.165) is 0 Å². The molecule has 314 valence electrons. The lowest BCUT2D eigenvalue weighted by atomic mass is 9.92. The number of hydrogen-bond donors (Lipinski definition) is 1. The maximum Gasteiger partial charge on any atom is 0.257 e. The molecule has 1 N–H and O–H groups in total. The standard InChI is InChI=1S/C51H100N2/c1-5-8-11-14-17-20-23-26-27-28-29-32-35-38-41-44-49(4)53-48-47-52-51(53)50(45-42-39-36-33-30-24-21-18-15-12-9-6-2)46-43-40-37-34-31-25-22-19-16-13-10-7-3/h47-50H,5-46H2,1-4H3/p+1. The predicted molar refractivity (Wildman–Crippen MR) is 239 cm³/mol. The third-order valence-corrected chi connectivity index (χ3v) is 12.6. The Hall–Kier alpha value is -0.790. The Morgan fingerprint density at radius 2 is 0.604 bits per heavy atom. The Bertz CT molecular complexity index is 785. The smallest absolute Gasteiger partial charge is 0.247 e. The monoisotopic (exact) mass is 742 g/mol. The van der Waals surface area contributed by atoms with Crippen LogP contribution in [0, 0.1) is 0 Å². The lowest BCUT2D eigenvalue weighted by Gasteiger charge is -2.17. The zero-order chi connectivity index (χ0) is 38.1. The van der Waals surface area contributed by atoms with Gasteiger partial charge in [-0.1, -0.05) is 265 Å². The molecule has 1 aromatic heterocycles. The van der Waals surface area contributed by atoms with Crippen LogP contribution in [0.3, 0.4) is 0 Å². The van der Waals surface area contributed by atoms with Crippen LogP contribution in [-0.4, -0.2) is 4.98 Å². The van der Waals surface area contributed by atoms with Gasteiger partial charge in [-0.2, -0.15) is 0 Å². The summed E-state index contributed by atoms with van der Waals surface area (Å²) in [5, 5.41) is 0. The second-order valence-corrected chi connectivity index (χ2v) is 17.9. The third-order valence-electron chi connectivity index (χ3n) is 12.6. The minimum Gasteiger partial charge on any atom is -0.247 e. The molecule has 0 aliphatic heterocycles. The van der Waals surface area contributed by atoms with E-state index in [1.54, 1.807) is 5.82 Å². The summed E-state index contributed by atoms with van der Waals surface area (Å²) in [5.74, 6) is 2.25. The van der Waals surface area contributed by atoms with Crippen molar-refractivity contribution in [3.05, 3.63) is 18.2 Å². The number of H-pyrrole nitrogens is 1. The number of nitrogens with one attached hydrogen (secondary N) is 1. The molecule has 0 aliphatic carbocycles. The van der Waals surface area contributed by atoms with Crippen molar-refractivity contribution in [2.75, 3.05) is 0 Å². The van der Waals surface area contributed by atoms with Crippen LogP contribution in [0.5, 0.6) is 0 Å². The molecule has 1 heterocycles. The maximum atomic E-state index is 3.79. The van der Waals surface area contributed by atoms with Crippen molar-refractivity contribution in [2.24, 2.45) is 0 Å². The molecule has 1 atom stereocenters. The molecule has 0 aliphatic rings. The van der Waals surface area contributed by atoms with Gasteiger partial charge in [-0.25, -0.2) is 9.55 Å². The van der Waals surface area contributed by atoms with Gasteiger partial charge in [-0.05, 0) is 32.6 Å². The fourth-order valence-electron chi connectivity index (χ4n) is 8.90. The summed E-state index contributed by atoms with van der Waals surface area (Å²) < 4.78 is 2.66. The number of aromatic amines is 1.